The number of nitrogens with zero attached hydrogens (tertiary/aromatic N) is 2. The summed E-state index contributed by atoms with van der Waals surface area (Å²) in [6.07, 6.45) is 2.78. The molecule has 2 heterocycles. The molecule has 9 nitrogen and oxygen atoms in total. The van der Waals surface area contributed by atoms with E-state index >= 15 is 0 Å². The molecule has 0 saturated carbocycles. The van der Waals surface area contributed by atoms with E-state index in [-0.39, 0.29) is 23.6 Å². The van der Waals surface area contributed by atoms with Crippen molar-refractivity contribution in [1.29, 1.82) is 0 Å². The highest BCUT2D eigenvalue weighted by molar-refractivity contribution is 5.97. The van der Waals surface area contributed by atoms with Crippen LogP contribution >= 0.6 is 0 Å². The fraction of sp³-hybridized carbons (Fsp3) is 0.429. The predicted octanol–water partition coefficient (Wildman–Crippen LogP) is 0.483. The van der Waals surface area contributed by atoms with E-state index in [0.717, 1.165) is 5.56 Å². The minimum atomic E-state index is -0.840. The molecule has 2 aromatic rings. The molecule has 1 aliphatic heterocycles. The zero-order valence-electron chi connectivity index (χ0n) is 17.2. The van der Waals surface area contributed by atoms with Gasteiger partial charge in [-0.25, -0.2) is 9.78 Å². The van der Waals surface area contributed by atoms with E-state index in [1.165, 1.54) is 18.3 Å². The van der Waals surface area contributed by atoms with Crippen LogP contribution in [-0.4, -0.2) is 53.4 Å². The van der Waals surface area contributed by atoms with Crippen molar-refractivity contribution in [3.05, 3.63) is 53.7 Å². The van der Waals surface area contributed by atoms with E-state index < -0.39 is 18.1 Å². The Balaban J connectivity index is 1.71. The van der Waals surface area contributed by atoms with Crippen molar-refractivity contribution in [3.63, 3.8) is 0 Å². The van der Waals surface area contributed by atoms with Crippen LogP contribution in [0.3, 0.4) is 0 Å². The highest BCUT2D eigenvalue weighted by Crippen LogP contribution is 2.21. The first-order valence-electron chi connectivity index (χ1n) is 9.92. The molecule has 160 valence electrons. The molecular weight excluding hydrogens is 388 g/mol. The highest BCUT2D eigenvalue weighted by Gasteiger charge is 2.37. The number of esters is 1. The molecule has 9 heteroatoms. The minimum Gasteiger partial charge on any atom is -0.467 e. The van der Waals surface area contributed by atoms with E-state index in [1.54, 1.807) is 0 Å². The summed E-state index contributed by atoms with van der Waals surface area (Å²) in [5, 5.41) is 2.76. The summed E-state index contributed by atoms with van der Waals surface area (Å²) in [6.45, 7) is 2.24. The first kappa shape index (κ1) is 21.5. The Morgan fingerprint density at radius 2 is 2.07 bits per heavy atom. The zero-order valence-corrected chi connectivity index (χ0v) is 17.2. The van der Waals surface area contributed by atoms with Gasteiger partial charge in [0.1, 0.15) is 18.3 Å². The van der Waals surface area contributed by atoms with Gasteiger partial charge >= 0.3 is 5.97 Å². The molecular formula is C21H27N4O5+. The largest absolute Gasteiger partial charge is 0.467 e. The summed E-state index contributed by atoms with van der Waals surface area (Å²) < 4.78 is 10.2. The van der Waals surface area contributed by atoms with Crippen LogP contribution in [0, 0.1) is 0 Å². The summed E-state index contributed by atoms with van der Waals surface area (Å²) in [5.74, 6) is -0.928. The SMILES string of the molecule is COC(=O)C(Cc1ccccc1)NC(=O)C1CCCN1C(=O)c1coc(C(C)[NH3+])n1. The molecule has 30 heavy (non-hydrogen) atoms. The molecule has 1 saturated heterocycles. The van der Waals surface area contributed by atoms with E-state index in [4.69, 9.17) is 9.15 Å². The lowest BCUT2D eigenvalue weighted by molar-refractivity contribution is -0.425. The van der Waals surface area contributed by atoms with Gasteiger partial charge in [0.25, 0.3) is 11.8 Å². The summed E-state index contributed by atoms with van der Waals surface area (Å²) in [4.78, 5) is 43.7. The molecule has 0 bridgehead atoms. The molecule has 1 fully saturated rings. The Hall–Kier alpha value is -3.20. The average molecular weight is 415 g/mol. The number of carbonyl (C=O) groups is 3. The standard InChI is InChI=1S/C21H26N4O5/c1-13(22)19-24-16(12-30-19)20(27)25-10-6-9-17(25)18(26)23-15(21(28)29-2)11-14-7-4-3-5-8-14/h3-5,7-8,12-13,15,17H,6,9-11,22H2,1-2H3,(H,23,26)/p+1. The second-order valence-electron chi connectivity index (χ2n) is 7.40. The van der Waals surface area contributed by atoms with Crippen molar-refractivity contribution in [2.75, 3.05) is 13.7 Å². The number of carbonyl (C=O) groups excluding carboxylic acids is 3. The maximum absolute atomic E-state index is 13.0. The van der Waals surface area contributed by atoms with Gasteiger partial charge in [0.05, 0.1) is 7.11 Å². The average Bonchev–Trinajstić information content (AvgIpc) is 3.43. The maximum atomic E-state index is 13.0. The lowest BCUT2D eigenvalue weighted by Crippen LogP contribution is -2.52. The summed E-state index contributed by atoms with van der Waals surface area (Å²) in [5.41, 5.74) is 4.87. The monoisotopic (exact) mass is 415 g/mol. The molecule has 3 atom stereocenters. The Morgan fingerprint density at radius 3 is 2.70 bits per heavy atom. The van der Waals surface area contributed by atoms with Crippen LogP contribution in [0.15, 0.2) is 41.0 Å². The Labute approximate surface area is 174 Å². The van der Waals surface area contributed by atoms with Gasteiger partial charge in [-0.1, -0.05) is 30.3 Å². The zero-order chi connectivity index (χ0) is 21.7. The van der Waals surface area contributed by atoms with Crippen molar-refractivity contribution in [2.24, 2.45) is 0 Å². The van der Waals surface area contributed by atoms with Crippen molar-refractivity contribution >= 4 is 17.8 Å². The van der Waals surface area contributed by atoms with Gasteiger partial charge in [-0.2, -0.15) is 0 Å². The quantitative estimate of drug-likeness (QED) is 0.633. The third-order valence-electron chi connectivity index (χ3n) is 5.06. The van der Waals surface area contributed by atoms with Crippen LogP contribution in [0.2, 0.25) is 0 Å². The minimum absolute atomic E-state index is 0.147. The van der Waals surface area contributed by atoms with Gasteiger partial charge in [0.15, 0.2) is 11.7 Å². The summed E-state index contributed by atoms with van der Waals surface area (Å²) in [7, 11) is 1.28. The second-order valence-corrected chi connectivity index (χ2v) is 7.40. The smallest absolute Gasteiger partial charge is 0.328 e. The first-order chi connectivity index (χ1) is 14.4. The van der Waals surface area contributed by atoms with Crippen molar-refractivity contribution in [3.8, 4) is 0 Å². The first-order valence-corrected chi connectivity index (χ1v) is 9.92. The second kappa shape index (κ2) is 9.53. The fourth-order valence-electron chi connectivity index (χ4n) is 3.49. The molecule has 2 amide bonds. The van der Waals surface area contributed by atoms with E-state index in [0.29, 0.717) is 31.7 Å². The number of rotatable bonds is 7. The highest BCUT2D eigenvalue weighted by atomic mass is 16.5. The molecule has 3 unspecified atom stereocenters. The van der Waals surface area contributed by atoms with Crippen molar-refractivity contribution < 1.29 is 29.3 Å². The third kappa shape index (κ3) is 4.85. The number of likely N-dealkylation sites (tertiary alicyclic amines) is 1. The lowest BCUT2D eigenvalue weighted by atomic mass is 10.1. The van der Waals surface area contributed by atoms with Crippen molar-refractivity contribution in [2.45, 2.75) is 44.3 Å². The molecule has 1 aromatic heterocycles. The van der Waals surface area contributed by atoms with E-state index in [9.17, 15) is 14.4 Å². The van der Waals surface area contributed by atoms with Gasteiger partial charge in [-0.3, -0.25) is 9.59 Å². The van der Waals surface area contributed by atoms with Gasteiger partial charge in [-0.15, -0.1) is 0 Å². The molecule has 1 aliphatic rings. The molecule has 3 rings (SSSR count). The Morgan fingerprint density at radius 1 is 1.33 bits per heavy atom. The van der Waals surface area contributed by atoms with Crippen LogP contribution in [0.1, 0.15) is 47.7 Å². The lowest BCUT2D eigenvalue weighted by Gasteiger charge is -2.25. The number of oxazole rings is 1. The Bertz CT molecular complexity index is 896. The topological polar surface area (TPSA) is 129 Å². The number of benzene rings is 1. The van der Waals surface area contributed by atoms with Gasteiger partial charge < -0.3 is 25.1 Å². The number of methoxy groups -OCH3 is 1. The van der Waals surface area contributed by atoms with Gasteiger partial charge in [0, 0.05) is 13.0 Å². The Kier molecular flexibility index (Phi) is 6.83. The van der Waals surface area contributed by atoms with Crippen LogP contribution < -0.4 is 11.1 Å². The van der Waals surface area contributed by atoms with E-state index in [2.05, 4.69) is 16.0 Å². The number of aromatic nitrogens is 1. The molecule has 1 aromatic carbocycles. The van der Waals surface area contributed by atoms with Gasteiger partial charge in [0.2, 0.25) is 5.91 Å². The number of hydrogen-bond acceptors (Lipinski definition) is 6. The molecule has 0 aliphatic carbocycles. The number of ether oxygens (including phenoxy) is 1. The fourth-order valence-corrected chi connectivity index (χ4v) is 3.49. The van der Waals surface area contributed by atoms with Crippen LogP contribution in [0.4, 0.5) is 0 Å². The summed E-state index contributed by atoms with van der Waals surface area (Å²) in [6, 6.07) is 7.64. The molecule has 0 radical (unpaired) electrons. The number of nitrogens with one attached hydrogen (secondary N) is 1. The number of quaternary nitrogens is 1. The predicted molar refractivity (Wildman–Crippen MR) is 106 cm³/mol. The number of hydrogen-bond donors (Lipinski definition) is 2. The van der Waals surface area contributed by atoms with Crippen LogP contribution in [0.5, 0.6) is 0 Å². The molecule has 0 spiro atoms. The summed E-state index contributed by atoms with van der Waals surface area (Å²) >= 11 is 0. The van der Waals surface area contributed by atoms with Crippen LogP contribution in [-0.2, 0) is 20.7 Å². The van der Waals surface area contributed by atoms with E-state index in [1.807, 2.05) is 37.3 Å². The maximum Gasteiger partial charge on any atom is 0.328 e. The van der Waals surface area contributed by atoms with Gasteiger partial charge in [-0.05, 0) is 25.3 Å². The number of amides is 2. The van der Waals surface area contributed by atoms with Crippen molar-refractivity contribution in [1.82, 2.24) is 15.2 Å². The van der Waals surface area contributed by atoms with Crippen LogP contribution in [0.25, 0.3) is 0 Å². The normalized spacial score (nSPS) is 18.0. The molecule has 4 N–H and O–H groups in total. The third-order valence-corrected chi connectivity index (χ3v) is 5.06.